The van der Waals surface area contributed by atoms with Crippen LogP contribution in [0.1, 0.15) is 18.9 Å². The molecule has 3 aromatic rings. The molecule has 0 aromatic heterocycles. The van der Waals surface area contributed by atoms with Gasteiger partial charge in [0.05, 0.1) is 26.7 Å². The summed E-state index contributed by atoms with van der Waals surface area (Å²) in [5, 5.41) is 22.5. The van der Waals surface area contributed by atoms with Crippen LogP contribution >= 0.6 is 11.6 Å². The van der Waals surface area contributed by atoms with Gasteiger partial charge in [0.25, 0.3) is 10.0 Å². The molecule has 0 fully saturated rings. The van der Waals surface area contributed by atoms with Crippen LogP contribution in [0.2, 0.25) is 5.02 Å². The number of carbonyl (C=O) groups excluding carboxylic acids is 1. The fourth-order valence-corrected chi connectivity index (χ4v) is 4.50. The predicted octanol–water partition coefficient (Wildman–Crippen LogP) is 4.22. The van der Waals surface area contributed by atoms with Crippen LogP contribution in [0.15, 0.2) is 77.7 Å². The lowest BCUT2D eigenvalue weighted by Crippen LogP contribution is -2.36. The van der Waals surface area contributed by atoms with E-state index < -0.39 is 33.7 Å². The highest BCUT2D eigenvalue weighted by atomic mass is 35.5. The predicted molar refractivity (Wildman–Crippen MR) is 125 cm³/mol. The van der Waals surface area contributed by atoms with Crippen LogP contribution in [-0.4, -0.2) is 30.5 Å². The molecule has 0 heterocycles. The van der Waals surface area contributed by atoms with Crippen molar-refractivity contribution in [3.8, 4) is 5.75 Å². The van der Waals surface area contributed by atoms with Gasteiger partial charge in [0, 0.05) is 6.42 Å². The Bertz CT molecular complexity index is 1300. The van der Waals surface area contributed by atoms with Crippen molar-refractivity contribution >= 4 is 44.9 Å². The van der Waals surface area contributed by atoms with Crippen LogP contribution in [0.5, 0.6) is 5.75 Å². The highest BCUT2D eigenvalue weighted by Gasteiger charge is 2.37. The van der Waals surface area contributed by atoms with Crippen molar-refractivity contribution in [2.45, 2.75) is 23.7 Å². The number of anilines is 2. The number of carbonyl (C=O) groups is 2. The fourth-order valence-electron chi connectivity index (χ4n) is 3.15. The summed E-state index contributed by atoms with van der Waals surface area (Å²) in [4.78, 5) is 24.4. The number of carboxylic acid groups (broad SMARTS) is 1. The van der Waals surface area contributed by atoms with Gasteiger partial charge in [-0.2, -0.15) is 0 Å². The molecule has 33 heavy (non-hydrogen) atoms. The molecule has 0 aliphatic rings. The smallest absolute Gasteiger partial charge is 0.314 e. The molecule has 0 aliphatic heterocycles. The molecule has 4 N–H and O–H groups in total. The van der Waals surface area contributed by atoms with Crippen LogP contribution in [0.3, 0.4) is 0 Å². The summed E-state index contributed by atoms with van der Waals surface area (Å²) in [5.41, 5.74) is -1.12. The van der Waals surface area contributed by atoms with Crippen LogP contribution < -0.4 is 10.0 Å². The summed E-state index contributed by atoms with van der Waals surface area (Å²) in [6.45, 7) is 1.42. The zero-order valence-electron chi connectivity index (χ0n) is 17.4. The maximum absolute atomic E-state index is 12.8. The number of phenols is 1. The quantitative estimate of drug-likeness (QED) is 0.351. The standard InChI is InChI=1S/C23H21ClN2O6S/c1-23(22(29)30,15-7-3-2-4-8-15)14-21(28)25-19-13-16(11-12-20(19)27)33(31,32)26-18-10-6-5-9-17(18)24/h2-13,26-27H,14H2,1H3,(H,25,28)(H,29,30). The number of hydrogen-bond donors (Lipinski definition) is 4. The molecule has 0 bridgehead atoms. The van der Waals surface area contributed by atoms with E-state index in [0.29, 0.717) is 5.56 Å². The Hall–Kier alpha value is -3.56. The number of amides is 1. The van der Waals surface area contributed by atoms with Gasteiger partial charge >= 0.3 is 5.97 Å². The SMILES string of the molecule is CC(CC(=O)Nc1cc(S(=O)(=O)Nc2ccccc2Cl)ccc1O)(C(=O)O)c1ccccc1. The molecule has 1 unspecified atom stereocenters. The molecule has 1 amide bonds. The van der Waals surface area contributed by atoms with Crippen molar-refractivity contribution in [2.75, 3.05) is 10.0 Å². The minimum atomic E-state index is -4.09. The third kappa shape index (κ3) is 5.44. The number of benzene rings is 3. The van der Waals surface area contributed by atoms with E-state index in [1.54, 1.807) is 42.5 Å². The maximum Gasteiger partial charge on any atom is 0.314 e. The second-order valence-electron chi connectivity index (χ2n) is 7.49. The first-order chi connectivity index (χ1) is 15.5. The topological polar surface area (TPSA) is 133 Å². The molecule has 1 atom stereocenters. The molecule has 8 nitrogen and oxygen atoms in total. The lowest BCUT2D eigenvalue weighted by Gasteiger charge is -2.25. The molecule has 0 saturated carbocycles. The average molecular weight is 489 g/mol. The number of aliphatic carboxylic acids is 1. The summed E-state index contributed by atoms with van der Waals surface area (Å²) >= 11 is 6.01. The van der Waals surface area contributed by atoms with E-state index in [4.69, 9.17) is 11.6 Å². The molecule has 0 radical (unpaired) electrons. The molecule has 0 saturated heterocycles. The first-order valence-corrected chi connectivity index (χ1v) is 11.6. The van der Waals surface area contributed by atoms with Crippen molar-refractivity contribution in [2.24, 2.45) is 0 Å². The summed E-state index contributed by atoms with van der Waals surface area (Å²) in [5.74, 6) is -2.29. The summed E-state index contributed by atoms with van der Waals surface area (Å²) in [6, 6.07) is 17.9. The zero-order chi connectivity index (χ0) is 24.2. The largest absolute Gasteiger partial charge is 0.506 e. The van der Waals surface area contributed by atoms with Crippen molar-refractivity contribution in [1.82, 2.24) is 0 Å². The minimum absolute atomic E-state index is 0.165. The number of sulfonamides is 1. The average Bonchev–Trinajstić information content (AvgIpc) is 2.77. The Morgan fingerprint density at radius 1 is 0.970 bits per heavy atom. The number of hydrogen-bond acceptors (Lipinski definition) is 5. The Morgan fingerprint density at radius 2 is 1.61 bits per heavy atom. The molecular weight excluding hydrogens is 468 g/mol. The number of halogens is 1. The van der Waals surface area contributed by atoms with Crippen LogP contribution in [0.25, 0.3) is 0 Å². The number of para-hydroxylation sites is 1. The van der Waals surface area contributed by atoms with Crippen LogP contribution in [0, 0.1) is 0 Å². The number of rotatable bonds is 8. The van der Waals surface area contributed by atoms with E-state index in [1.807, 2.05) is 0 Å². The fraction of sp³-hybridized carbons (Fsp3) is 0.130. The molecule has 0 aliphatic carbocycles. The first-order valence-electron chi connectivity index (χ1n) is 9.72. The van der Waals surface area contributed by atoms with Gasteiger partial charge in [0.2, 0.25) is 5.91 Å². The van der Waals surface area contributed by atoms with Crippen LogP contribution in [0.4, 0.5) is 11.4 Å². The maximum atomic E-state index is 12.8. The molecule has 3 aromatic carbocycles. The lowest BCUT2D eigenvalue weighted by molar-refractivity contribution is -0.145. The van der Waals surface area contributed by atoms with Gasteiger partial charge in [-0.05, 0) is 42.8 Å². The summed E-state index contributed by atoms with van der Waals surface area (Å²) in [6.07, 6.45) is -0.444. The van der Waals surface area contributed by atoms with Crippen LogP contribution in [-0.2, 0) is 25.0 Å². The van der Waals surface area contributed by atoms with Crippen molar-refractivity contribution in [1.29, 1.82) is 0 Å². The van der Waals surface area contributed by atoms with Crippen molar-refractivity contribution < 1.29 is 28.2 Å². The third-order valence-electron chi connectivity index (χ3n) is 5.07. The molecule has 0 spiro atoms. The van der Waals surface area contributed by atoms with Gasteiger partial charge in [-0.15, -0.1) is 0 Å². The van der Waals surface area contributed by atoms with Gasteiger partial charge in [-0.3, -0.25) is 14.3 Å². The lowest BCUT2D eigenvalue weighted by atomic mass is 9.79. The van der Waals surface area contributed by atoms with E-state index in [1.165, 1.54) is 19.1 Å². The van der Waals surface area contributed by atoms with E-state index in [9.17, 15) is 28.2 Å². The summed E-state index contributed by atoms with van der Waals surface area (Å²) in [7, 11) is -4.09. The van der Waals surface area contributed by atoms with E-state index in [2.05, 4.69) is 10.0 Å². The zero-order valence-corrected chi connectivity index (χ0v) is 19.0. The van der Waals surface area contributed by atoms with Gasteiger partial charge < -0.3 is 15.5 Å². The second-order valence-corrected chi connectivity index (χ2v) is 9.58. The molecule has 172 valence electrons. The molecule has 3 rings (SSSR count). The normalized spacial score (nSPS) is 13.0. The van der Waals surface area contributed by atoms with Gasteiger partial charge in [0.15, 0.2) is 0 Å². The van der Waals surface area contributed by atoms with Crippen molar-refractivity contribution in [3.63, 3.8) is 0 Å². The second kappa shape index (κ2) is 9.51. The molecular formula is C23H21ClN2O6S. The highest BCUT2D eigenvalue weighted by molar-refractivity contribution is 7.92. The number of carboxylic acids is 1. The van der Waals surface area contributed by atoms with Gasteiger partial charge in [-0.25, -0.2) is 8.42 Å². The number of aromatic hydroxyl groups is 1. The Labute approximate surface area is 195 Å². The Balaban J connectivity index is 1.84. The van der Waals surface area contributed by atoms with Crippen molar-refractivity contribution in [3.05, 3.63) is 83.4 Å². The highest BCUT2D eigenvalue weighted by Crippen LogP contribution is 2.32. The Morgan fingerprint density at radius 3 is 2.24 bits per heavy atom. The summed E-state index contributed by atoms with van der Waals surface area (Å²) < 4.78 is 27.9. The number of nitrogens with one attached hydrogen (secondary N) is 2. The monoisotopic (exact) mass is 488 g/mol. The van der Waals surface area contributed by atoms with E-state index in [0.717, 1.165) is 18.2 Å². The van der Waals surface area contributed by atoms with Gasteiger partial charge in [-0.1, -0.05) is 54.1 Å². The molecule has 10 heteroatoms. The number of phenolic OH excluding ortho intramolecular Hbond substituents is 1. The third-order valence-corrected chi connectivity index (χ3v) is 6.76. The Kier molecular flexibility index (Phi) is 6.95. The van der Waals surface area contributed by atoms with E-state index in [-0.39, 0.29) is 27.0 Å². The van der Waals surface area contributed by atoms with Gasteiger partial charge in [0.1, 0.15) is 5.75 Å². The van der Waals surface area contributed by atoms with E-state index >= 15 is 0 Å². The first kappa shape index (κ1) is 24.1. The minimum Gasteiger partial charge on any atom is -0.506 e.